The molecule has 5 rings (SSSR count). The number of nitrogens with one attached hydrogen (secondary N) is 1. The van der Waals surface area contributed by atoms with E-state index in [0.29, 0.717) is 11.7 Å². The van der Waals surface area contributed by atoms with Gasteiger partial charge in [-0.3, -0.25) is 9.88 Å². The Kier molecular flexibility index (Phi) is 4.50. The van der Waals surface area contributed by atoms with Crippen molar-refractivity contribution in [2.75, 3.05) is 60.3 Å². The van der Waals surface area contributed by atoms with Gasteiger partial charge in [0.2, 0.25) is 0 Å². The van der Waals surface area contributed by atoms with Crippen molar-refractivity contribution in [3.63, 3.8) is 0 Å². The summed E-state index contributed by atoms with van der Waals surface area (Å²) in [5, 5.41) is 2.99. The van der Waals surface area contributed by atoms with Crippen molar-refractivity contribution in [1.82, 2.24) is 14.9 Å². The van der Waals surface area contributed by atoms with Gasteiger partial charge in [0.15, 0.2) is 5.82 Å². The van der Waals surface area contributed by atoms with Crippen LogP contribution in [0.15, 0.2) is 36.7 Å². The second kappa shape index (κ2) is 7.18. The molecule has 3 aliphatic heterocycles. The van der Waals surface area contributed by atoms with Gasteiger partial charge in [-0.2, -0.15) is 0 Å². The molecule has 0 aromatic carbocycles. The van der Waals surface area contributed by atoms with Gasteiger partial charge in [-0.1, -0.05) is 0 Å². The number of hydrogen-bond acceptors (Lipinski definition) is 6. The highest BCUT2D eigenvalue weighted by Gasteiger charge is 2.40. The molecule has 29 heavy (non-hydrogen) atoms. The van der Waals surface area contributed by atoms with E-state index in [1.54, 1.807) is 12.4 Å². The van der Waals surface area contributed by atoms with Gasteiger partial charge >= 0.3 is 6.03 Å². The maximum atomic E-state index is 13.2. The summed E-state index contributed by atoms with van der Waals surface area (Å²) in [6.45, 7) is 3.78. The summed E-state index contributed by atoms with van der Waals surface area (Å²) >= 11 is 0. The lowest BCUT2D eigenvalue weighted by molar-refractivity contribution is 0.255. The van der Waals surface area contributed by atoms with E-state index in [9.17, 15) is 4.79 Å². The van der Waals surface area contributed by atoms with Crippen LogP contribution in [0, 0.1) is 0 Å². The van der Waals surface area contributed by atoms with E-state index in [1.807, 2.05) is 17.0 Å². The first kappa shape index (κ1) is 18.2. The highest BCUT2D eigenvalue weighted by atomic mass is 16.2. The highest BCUT2D eigenvalue weighted by molar-refractivity contribution is 6.04. The van der Waals surface area contributed by atoms with E-state index in [-0.39, 0.29) is 12.1 Å². The topological polar surface area (TPSA) is 67.8 Å². The molecule has 3 aliphatic rings. The Morgan fingerprint density at radius 1 is 1.14 bits per heavy atom. The number of pyridine rings is 2. The summed E-state index contributed by atoms with van der Waals surface area (Å²) in [6.07, 6.45) is 5.45. The van der Waals surface area contributed by atoms with Gasteiger partial charge < -0.3 is 20.0 Å². The van der Waals surface area contributed by atoms with Crippen molar-refractivity contribution in [3.05, 3.63) is 36.7 Å². The molecule has 8 nitrogen and oxygen atoms in total. The van der Waals surface area contributed by atoms with Crippen molar-refractivity contribution in [2.45, 2.75) is 24.9 Å². The van der Waals surface area contributed by atoms with Gasteiger partial charge in [0.25, 0.3) is 0 Å². The Balaban J connectivity index is 1.45. The van der Waals surface area contributed by atoms with Crippen LogP contribution in [0.1, 0.15) is 12.8 Å². The number of urea groups is 1. The molecule has 1 unspecified atom stereocenters. The number of nitrogens with zero attached hydrogens (tertiary/aromatic N) is 6. The van der Waals surface area contributed by atoms with Crippen LogP contribution in [0.4, 0.5) is 27.8 Å². The second-order valence-electron chi connectivity index (χ2n) is 8.29. The van der Waals surface area contributed by atoms with E-state index in [2.05, 4.69) is 51.2 Å². The average Bonchev–Trinajstić information content (AvgIpc) is 3.37. The van der Waals surface area contributed by atoms with Gasteiger partial charge in [-0.25, -0.2) is 9.78 Å². The van der Waals surface area contributed by atoms with Crippen LogP contribution in [-0.2, 0) is 0 Å². The molecule has 5 heterocycles. The van der Waals surface area contributed by atoms with Crippen LogP contribution < -0.4 is 20.0 Å². The van der Waals surface area contributed by atoms with Gasteiger partial charge in [0.1, 0.15) is 5.82 Å². The van der Waals surface area contributed by atoms with E-state index in [0.717, 1.165) is 56.3 Å². The highest BCUT2D eigenvalue weighted by Crippen LogP contribution is 2.40. The number of hydrogen-bond donors (Lipinski definition) is 1. The molecule has 2 amide bonds. The van der Waals surface area contributed by atoms with E-state index < -0.39 is 0 Å². The summed E-state index contributed by atoms with van der Waals surface area (Å²) in [5.41, 5.74) is 1.75. The first-order valence-corrected chi connectivity index (χ1v) is 10.3. The molecule has 2 saturated heterocycles. The summed E-state index contributed by atoms with van der Waals surface area (Å²) in [5.74, 6) is 1.72. The molecular formula is C21H27N7O. The number of rotatable bonds is 3. The van der Waals surface area contributed by atoms with Crippen LogP contribution >= 0.6 is 0 Å². The zero-order valence-corrected chi connectivity index (χ0v) is 17.0. The van der Waals surface area contributed by atoms with E-state index in [4.69, 9.17) is 4.98 Å². The van der Waals surface area contributed by atoms with Crippen molar-refractivity contribution < 1.29 is 4.79 Å². The lowest BCUT2D eigenvalue weighted by Crippen LogP contribution is -2.48. The van der Waals surface area contributed by atoms with Crippen LogP contribution in [0.2, 0.25) is 0 Å². The Bertz CT molecular complexity index is 903. The van der Waals surface area contributed by atoms with Crippen molar-refractivity contribution in [1.29, 1.82) is 0 Å². The maximum absolute atomic E-state index is 13.2. The molecule has 8 heteroatoms. The zero-order chi connectivity index (χ0) is 20.0. The smallest absolute Gasteiger partial charge is 0.327 e. The zero-order valence-electron chi connectivity index (χ0n) is 17.0. The van der Waals surface area contributed by atoms with Crippen LogP contribution in [0.3, 0.4) is 0 Å². The molecule has 2 atom stereocenters. The first-order chi connectivity index (χ1) is 14.1. The van der Waals surface area contributed by atoms with Crippen molar-refractivity contribution >= 4 is 29.0 Å². The normalized spacial score (nSPS) is 22.9. The minimum Gasteiger partial charge on any atom is -0.366 e. The van der Waals surface area contributed by atoms with Crippen LogP contribution in [0.25, 0.3) is 0 Å². The van der Waals surface area contributed by atoms with Gasteiger partial charge in [0, 0.05) is 38.4 Å². The molecule has 0 spiro atoms. The third kappa shape index (κ3) is 3.27. The van der Waals surface area contributed by atoms with Crippen LogP contribution in [0.5, 0.6) is 0 Å². The molecule has 152 valence electrons. The monoisotopic (exact) mass is 393 g/mol. The van der Waals surface area contributed by atoms with Gasteiger partial charge in [-0.05, 0) is 51.2 Å². The molecule has 1 N–H and O–H groups in total. The molecule has 0 radical (unpaired) electrons. The van der Waals surface area contributed by atoms with Gasteiger partial charge in [0.05, 0.1) is 23.6 Å². The number of carbonyl (C=O) groups excluding carboxylic acids is 1. The predicted molar refractivity (Wildman–Crippen MR) is 115 cm³/mol. The Morgan fingerprint density at radius 2 is 2.00 bits per heavy atom. The summed E-state index contributed by atoms with van der Waals surface area (Å²) < 4.78 is 0. The number of likely N-dealkylation sites (N-methyl/N-ethyl adjacent to an activating group) is 1. The summed E-state index contributed by atoms with van der Waals surface area (Å²) in [4.78, 5) is 31.1. The Hall–Kier alpha value is -2.87. The SMILES string of the molecule is CN(C)C1CCN(c2ccc3c(n2)N(C(=O)Nc2cccnc2)[C@H]2CCN3C2)C1. The fourth-order valence-electron chi connectivity index (χ4n) is 4.63. The first-order valence-electron chi connectivity index (χ1n) is 10.3. The molecule has 2 aromatic heterocycles. The summed E-state index contributed by atoms with van der Waals surface area (Å²) in [6, 6.07) is 8.46. The molecular weight excluding hydrogens is 366 g/mol. The molecule has 0 aliphatic carbocycles. The quantitative estimate of drug-likeness (QED) is 0.863. The van der Waals surface area contributed by atoms with E-state index in [1.165, 1.54) is 0 Å². The van der Waals surface area contributed by atoms with E-state index >= 15 is 0 Å². The Labute approximate surface area is 171 Å². The molecule has 2 bridgehead atoms. The van der Waals surface area contributed by atoms with Gasteiger partial charge in [-0.15, -0.1) is 0 Å². The van der Waals surface area contributed by atoms with Crippen molar-refractivity contribution in [2.24, 2.45) is 0 Å². The molecule has 0 saturated carbocycles. The average molecular weight is 393 g/mol. The molecule has 2 fully saturated rings. The molecule has 2 aromatic rings. The minimum atomic E-state index is -0.136. The predicted octanol–water partition coefficient (Wildman–Crippen LogP) is 2.25. The van der Waals surface area contributed by atoms with Crippen LogP contribution in [-0.4, -0.2) is 73.3 Å². The maximum Gasteiger partial charge on any atom is 0.327 e. The fourth-order valence-corrected chi connectivity index (χ4v) is 4.63. The third-order valence-electron chi connectivity index (χ3n) is 6.29. The number of fused-ring (bicyclic) bond motifs is 4. The largest absolute Gasteiger partial charge is 0.366 e. The number of aromatic nitrogens is 2. The standard InChI is InChI=1S/C21H27N7O/c1-25(2)16-7-11-27(13-16)19-6-5-18-20(24-19)28(17-8-10-26(18)14-17)21(29)23-15-4-3-9-22-12-15/h3-6,9,12,16-17H,7-8,10-11,13-14H2,1-2H3,(H,23,29)/t16?,17-/m0/s1. The lowest BCUT2D eigenvalue weighted by Gasteiger charge is -2.36. The number of carbonyl (C=O) groups is 1. The second-order valence-corrected chi connectivity index (χ2v) is 8.29. The summed E-state index contributed by atoms with van der Waals surface area (Å²) in [7, 11) is 4.26. The fraction of sp³-hybridized carbons (Fsp3) is 0.476. The minimum absolute atomic E-state index is 0.136. The Morgan fingerprint density at radius 3 is 2.76 bits per heavy atom. The number of amides is 2. The number of anilines is 4. The third-order valence-corrected chi connectivity index (χ3v) is 6.29. The lowest BCUT2D eigenvalue weighted by atomic mass is 10.2. The van der Waals surface area contributed by atoms with Crippen molar-refractivity contribution in [3.8, 4) is 0 Å².